The lowest BCUT2D eigenvalue weighted by atomic mass is 10.5. The average molecular weight is 120 g/mol. The Hall–Kier alpha value is -0.160. The van der Waals surface area contributed by atoms with Crippen molar-refractivity contribution in [2.75, 3.05) is 6.54 Å². The summed E-state index contributed by atoms with van der Waals surface area (Å²) < 4.78 is 0. The van der Waals surface area contributed by atoms with Gasteiger partial charge in [-0.05, 0) is 6.54 Å². The molecule has 0 heterocycles. The van der Waals surface area contributed by atoms with E-state index in [1.807, 2.05) is 0 Å². The first-order valence-corrected chi connectivity index (χ1v) is 2.38. The van der Waals surface area contributed by atoms with Crippen LogP contribution in [0.5, 0.6) is 0 Å². The van der Waals surface area contributed by atoms with Crippen LogP contribution in [0.25, 0.3) is 0 Å². The highest BCUT2D eigenvalue weighted by atomic mass is 16.6. The summed E-state index contributed by atoms with van der Waals surface area (Å²) in [6, 6.07) is 0. The molecule has 0 aromatic heterocycles. The van der Waals surface area contributed by atoms with E-state index in [0.717, 1.165) is 6.92 Å². The minimum absolute atomic E-state index is 0.0729. The molecule has 0 aromatic rings. The van der Waals surface area contributed by atoms with Crippen LogP contribution < -0.4 is 0 Å². The summed E-state index contributed by atoms with van der Waals surface area (Å²) in [5, 5.41) is 27.3. The van der Waals surface area contributed by atoms with Crippen molar-refractivity contribution in [3.63, 3.8) is 0 Å². The lowest BCUT2D eigenvalue weighted by molar-refractivity contribution is -0.232. The second-order valence-electron chi connectivity index (χ2n) is 1.67. The third kappa shape index (κ3) is 2.23. The molecule has 0 saturated carbocycles. The van der Waals surface area contributed by atoms with Gasteiger partial charge in [0.05, 0.1) is 0 Å². The highest BCUT2D eigenvalue weighted by Gasteiger charge is 2.14. The summed E-state index contributed by atoms with van der Waals surface area (Å²) >= 11 is 0. The molecule has 0 bridgehead atoms. The fourth-order valence-corrected chi connectivity index (χ4v) is 0.300. The molecule has 0 saturated heterocycles. The second-order valence-corrected chi connectivity index (χ2v) is 1.67. The minimum atomic E-state index is -2.21. The van der Waals surface area contributed by atoms with E-state index >= 15 is 0 Å². The smallest absolute Gasteiger partial charge is 0.210 e. The first-order chi connectivity index (χ1) is 3.48. The molecule has 0 atom stereocenters. The van der Waals surface area contributed by atoms with Gasteiger partial charge in [0.1, 0.15) is 0 Å². The Kier molecular flexibility index (Phi) is 2.36. The molecule has 0 aliphatic carbocycles. The lowest BCUT2D eigenvalue weighted by Crippen LogP contribution is -2.41. The Labute approximate surface area is 47.9 Å². The molecule has 0 spiro atoms. The average Bonchev–Trinajstić information content (AvgIpc) is 1.62. The molecular formula is C4H10NO3-. The fourth-order valence-electron chi connectivity index (χ4n) is 0.300. The Morgan fingerprint density at radius 3 is 2.00 bits per heavy atom. The Morgan fingerprint density at radius 2 is 2.00 bits per heavy atom. The van der Waals surface area contributed by atoms with E-state index in [9.17, 15) is 5.21 Å². The molecule has 4 nitrogen and oxygen atoms in total. The largest absolute Gasteiger partial charge is 0.781 e. The monoisotopic (exact) mass is 120 g/mol. The molecule has 0 rings (SSSR count). The van der Waals surface area contributed by atoms with Crippen molar-refractivity contribution in [2.24, 2.45) is 0 Å². The predicted octanol–water partition coefficient (Wildman–Crippen LogP) is -0.536. The number of hydrogen-bond acceptors (Lipinski definition) is 4. The predicted molar refractivity (Wildman–Crippen MR) is 28.6 cm³/mol. The topological polar surface area (TPSA) is 66.8 Å². The van der Waals surface area contributed by atoms with Gasteiger partial charge in [0.2, 0.25) is 5.91 Å². The quantitative estimate of drug-likeness (QED) is 0.379. The standard InChI is InChI=1S/C4H10NO3/c1-3-5(8)4(2,6)7/h6-7H,3H2,1-2H3/q-1. The number of aliphatic hydroxyl groups is 2. The molecular weight excluding hydrogens is 110 g/mol. The molecule has 2 N–H and O–H groups in total. The van der Waals surface area contributed by atoms with Gasteiger partial charge in [0.15, 0.2) is 0 Å². The van der Waals surface area contributed by atoms with Crippen LogP contribution in [0.1, 0.15) is 13.8 Å². The third-order valence-electron chi connectivity index (χ3n) is 0.760. The molecule has 8 heavy (non-hydrogen) atoms. The van der Waals surface area contributed by atoms with Gasteiger partial charge in [0.25, 0.3) is 0 Å². The molecule has 4 heteroatoms. The highest BCUT2D eigenvalue weighted by molar-refractivity contribution is 4.59. The van der Waals surface area contributed by atoms with E-state index in [4.69, 9.17) is 10.2 Å². The maximum Gasteiger partial charge on any atom is 0.210 e. The van der Waals surface area contributed by atoms with Crippen molar-refractivity contribution in [3.8, 4) is 0 Å². The molecule has 0 unspecified atom stereocenters. The SMILES string of the molecule is CCN([O-])C(C)(O)O. The zero-order chi connectivity index (χ0) is 6.78. The van der Waals surface area contributed by atoms with Gasteiger partial charge in [-0.25, -0.2) is 0 Å². The summed E-state index contributed by atoms with van der Waals surface area (Å²) in [7, 11) is 0. The lowest BCUT2D eigenvalue weighted by Gasteiger charge is -2.36. The molecule has 50 valence electrons. The Bertz CT molecular complexity index is 68.2. The van der Waals surface area contributed by atoms with Crippen LogP contribution in [0.3, 0.4) is 0 Å². The first kappa shape index (κ1) is 7.84. The van der Waals surface area contributed by atoms with Gasteiger partial charge in [-0.2, -0.15) is 0 Å². The van der Waals surface area contributed by atoms with Crippen molar-refractivity contribution in [1.82, 2.24) is 5.06 Å². The van der Waals surface area contributed by atoms with Crippen molar-refractivity contribution in [1.29, 1.82) is 0 Å². The first-order valence-electron chi connectivity index (χ1n) is 2.38. The second kappa shape index (κ2) is 2.41. The molecule has 0 fully saturated rings. The highest BCUT2D eigenvalue weighted by Crippen LogP contribution is 2.02. The van der Waals surface area contributed by atoms with Gasteiger partial charge in [0, 0.05) is 6.92 Å². The van der Waals surface area contributed by atoms with Crippen LogP contribution in [0.4, 0.5) is 0 Å². The van der Waals surface area contributed by atoms with E-state index in [0.29, 0.717) is 0 Å². The van der Waals surface area contributed by atoms with E-state index in [1.165, 1.54) is 6.92 Å². The summed E-state index contributed by atoms with van der Waals surface area (Å²) in [6.07, 6.45) is 0. The van der Waals surface area contributed by atoms with Gasteiger partial charge >= 0.3 is 0 Å². The van der Waals surface area contributed by atoms with Crippen LogP contribution in [0.15, 0.2) is 0 Å². The maximum absolute atomic E-state index is 10.2. The van der Waals surface area contributed by atoms with Crippen LogP contribution >= 0.6 is 0 Å². The van der Waals surface area contributed by atoms with Gasteiger partial charge in [-0.1, -0.05) is 6.92 Å². The van der Waals surface area contributed by atoms with Crippen LogP contribution in [-0.4, -0.2) is 27.7 Å². The fraction of sp³-hybridized carbons (Fsp3) is 1.00. The minimum Gasteiger partial charge on any atom is -0.781 e. The van der Waals surface area contributed by atoms with Gasteiger partial charge in [-0.3, -0.25) is 0 Å². The summed E-state index contributed by atoms with van der Waals surface area (Å²) in [5.41, 5.74) is 0. The zero-order valence-electron chi connectivity index (χ0n) is 4.96. The zero-order valence-corrected chi connectivity index (χ0v) is 4.96. The summed E-state index contributed by atoms with van der Waals surface area (Å²) in [5.74, 6) is -2.21. The van der Waals surface area contributed by atoms with E-state index < -0.39 is 5.91 Å². The normalized spacial score (nSPS) is 12.8. The number of nitrogens with zero attached hydrogens (tertiary/aromatic N) is 1. The van der Waals surface area contributed by atoms with E-state index in [-0.39, 0.29) is 11.6 Å². The van der Waals surface area contributed by atoms with Crippen LogP contribution in [-0.2, 0) is 0 Å². The molecule has 0 aliphatic rings. The molecule has 0 aromatic carbocycles. The van der Waals surface area contributed by atoms with Crippen LogP contribution in [0, 0.1) is 5.21 Å². The number of hydroxylamine groups is 2. The van der Waals surface area contributed by atoms with Gasteiger partial charge < -0.3 is 20.5 Å². The van der Waals surface area contributed by atoms with Crippen molar-refractivity contribution >= 4 is 0 Å². The van der Waals surface area contributed by atoms with Crippen molar-refractivity contribution in [2.45, 2.75) is 19.8 Å². The number of hydrogen-bond donors (Lipinski definition) is 2. The molecule has 0 aliphatic heterocycles. The van der Waals surface area contributed by atoms with Crippen LogP contribution in [0.2, 0.25) is 0 Å². The van der Waals surface area contributed by atoms with Crippen molar-refractivity contribution < 1.29 is 10.2 Å². The van der Waals surface area contributed by atoms with E-state index in [2.05, 4.69) is 0 Å². The maximum atomic E-state index is 10.2. The summed E-state index contributed by atoms with van der Waals surface area (Å²) in [6.45, 7) is 2.63. The number of rotatable bonds is 2. The summed E-state index contributed by atoms with van der Waals surface area (Å²) in [4.78, 5) is 0. The van der Waals surface area contributed by atoms with E-state index in [1.54, 1.807) is 0 Å². The van der Waals surface area contributed by atoms with Gasteiger partial charge in [-0.15, -0.1) is 0 Å². The molecule has 0 amide bonds. The Morgan fingerprint density at radius 1 is 1.62 bits per heavy atom. The molecule has 0 radical (unpaired) electrons. The Balaban J connectivity index is 3.62. The van der Waals surface area contributed by atoms with Crippen molar-refractivity contribution in [3.05, 3.63) is 5.21 Å². The third-order valence-corrected chi connectivity index (χ3v) is 0.760.